The molecule has 0 saturated heterocycles. The van der Waals surface area contributed by atoms with Crippen LogP contribution in [0.4, 0.5) is 0 Å². The van der Waals surface area contributed by atoms with Crippen molar-refractivity contribution >= 4 is 13.0 Å². The quantitative estimate of drug-likeness (QED) is 0.601. The third kappa shape index (κ3) is 2.70. The van der Waals surface area contributed by atoms with Crippen LogP contribution < -0.4 is 5.32 Å². The van der Waals surface area contributed by atoms with E-state index in [2.05, 4.69) is 45.2 Å². The fourth-order valence-corrected chi connectivity index (χ4v) is 8.27. The summed E-state index contributed by atoms with van der Waals surface area (Å²) in [5, 5.41) is 22.3. The summed E-state index contributed by atoms with van der Waals surface area (Å²) >= 11 is 0. The lowest BCUT2D eigenvalue weighted by molar-refractivity contribution is -0.155. The highest BCUT2D eigenvalue weighted by molar-refractivity contribution is 6.47. The molecular formula is C25H38BNO3. The SMILES string of the molecule is CC(C)C1=CC2=CC[C@@H]3[C@](C)(CCC[C@@]3(C)C(=O)NC34CC(B(O)O)(C3)C4)[C@H]2CC1. The van der Waals surface area contributed by atoms with Gasteiger partial charge < -0.3 is 15.4 Å². The topological polar surface area (TPSA) is 69.6 Å². The molecule has 0 radical (unpaired) electrons. The minimum Gasteiger partial charge on any atom is -0.427 e. The van der Waals surface area contributed by atoms with Crippen LogP contribution in [0.1, 0.15) is 85.5 Å². The number of amides is 1. The van der Waals surface area contributed by atoms with Crippen LogP contribution >= 0.6 is 0 Å². The second-order valence-corrected chi connectivity index (χ2v) is 12.2. The molecule has 0 aromatic rings. The zero-order valence-corrected chi connectivity index (χ0v) is 19.1. The van der Waals surface area contributed by atoms with Crippen LogP contribution in [0.25, 0.3) is 0 Å². The molecule has 6 rings (SSSR count). The number of allylic oxidation sites excluding steroid dienone is 4. The van der Waals surface area contributed by atoms with Gasteiger partial charge in [0.15, 0.2) is 0 Å². The lowest BCUT2D eigenvalue weighted by atomic mass is 9.27. The van der Waals surface area contributed by atoms with Gasteiger partial charge in [0.1, 0.15) is 0 Å². The average molecular weight is 411 g/mol. The first kappa shape index (κ1) is 20.8. The second-order valence-electron chi connectivity index (χ2n) is 12.2. The van der Waals surface area contributed by atoms with E-state index in [1.807, 2.05) is 0 Å². The van der Waals surface area contributed by atoms with Crippen LogP contribution in [0.3, 0.4) is 0 Å². The van der Waals surface area contributed by atoms with E-state index in [0.717, 1.165) is 38.5 Å². The molecule has 0 heterocycles. The van der Waals surface area contributed by atoms with E-state index in [9.17, 15) is 14.8 Å². The van der Waals surface area contributed by atoms with Gasteiger partial charge in [0, 0.05) is 10.9 Å². The Balaban J connectivity index is 1.37. The largest absolute Gasteiger partial charge is 0.458 e. The molecule has 0 unspecified atom stereocenters. The lowest BCUT2D eigenvalue weighted by Gasteiger charge is -2.71. The number of carbonyl (C=O) groups is 1. The highest BCUT2D eigenvalue weighted by Gasteiger charge is 2.73. The molecule has 0 aliphatic heterocycles. The van der Waals surface area contributed by atoms with E-state index < -0.39 is 7.12 Å². The smallest absolute Gasteiger partial charge is 0.427 e. The average Bonchev–Trinajstić information content (AvgIpc) is 2.62. The normalized spacial score (nSPS) is 46.5. The highest BCUT2D eigenvalue weighted by atomic mass is 16.4. The van der Waals surface area contributed by atoms with Crippen molar-refractivity contribution in [2.24, 2.45) is 28.6 Å². The fraction of sp³-hybridized carbons (Fsp3) is 0.800. The summed E-state index contributed by atoms with van der Waals surface area (Å²) in [6.07, 6.45) is 13.8. The second kappa shape index (κ2) is 6.48. The summed E-state index contributed by atoms with van der Waals surface area (Å²) in [6, 6.07) is 0. The predicted molar refractivity (Wildman–Crippen MR) is 120 cm³/mol. The Bertz CT molecular complexity index is 810. The molecule has 6 aliphatic rings. The fourth-order valence-electron chi connectivity index (χ4n) is 8.27. The summed E-state index contributed by atoms with van der Waals surface area (Å²) in [6.45, 7) is 9.27. The molecule has 4 fully saturated rings. The zero-order valence-electron chi connectivity index (χ0n) is 19.1. The number of nitrogens with one attached hydrogen (secondary N) is 1. The van der Waals surface area contributed by atoms with Gasteiger partial charge in [0.05, 0.1) is 5.41 Å². The molecule has 5 heteroatoms. The summed E-state index contributed by atoms with van der Waals surface area (Å²) in [5.74, 6) is 1.79. The predicted octanol–water partition coefficient (Wildman–Crippen LogP) is 4.39. The third-order valence-corrected chi connectivity index (χ3v) is 10.1. The summed E-state index contributed by atoms with van der Waals surface area (Å²) in [7, 11) is -1.25. The van der Waals surface area contributed by atoms with Crippen molar-refractivity contribution in [1.82, 2.24) is 5.32 Å². The Morgan fingerprint density at radius 2 is 1.90 bits per heavy atom. The monoisotopic (exact) mass is 411 g/mol. The number of hydrogen-bond acceptors (Lipinski definition) is 3. The first-order valence-electron chi connectivity index (χ1n) is 12.1. The first-order chi connectivity index (χ1) is 14.0. The molecule has 3 N–H and O–H groups in total. The van der Waals surface area contributed by atoms with Crippen LogP contribution in [-0.2, 0) is 4.79 Å². The number of fused-ring (bicyclic) bond motifs is 3. The van der Waals surface area contributed by atoms with Crippen molar-refractivity contribution in [1.29, 1.82) is 0 Å². The molecule has 4 nitrogen and oxygen atoms in total. The van der Waals surface area contributed by atoms with Gasteiger partial charge in [-0.15, -0.1) is 0 Å². The molecule has 30 heavy (non-hydrogen) atoms. The highest BCUT2D eigenvalue weighted by Crippen LogP contribution is 2.74. The van der Waals surface area contributed by atoms with E-state index in [4.69, 9.17) is 0 Å². The number of hydrogen-bond donors (Lipinski definition) is 3. The van der Waals surface area contributed by atoms with Gasteiger partial charge in [0.2, 0.25) is 5.91 Å². The van der Waals surface area contributed by atoms with Crippen molar-refractivity contribution in [2.45, 2.75) is 96.3 Å². The minimum atomic E-state index is -1.25. The van der Waals surface area contributed by atoms with Gasteiger partial charge in [-0.2, -0.15) is 0 Å². The van der Waals surface area contributed by atoms with Crippen LogP contribution in [0, 0.1) is 28.6 Å². The Morgan fingerprint density at radius 3 is 2.53 bits per heavy atom. The first-order valence-corrected chi connectivity index (χ1v) is 12.1. The van der Waals surface area contributed by atoms with Crippen LogP contribution in [0.5, 0.6) is 0 Å². The Hall–Kier alpha value is -1.07. The maximum Gasteiger partial charge on any atom is 0.458 e. The van der Waals surface area contributed by atoms with Crippen LogP contribution in [0.2, 0.25) is 5.31 Å². The molecule has 0 spiro atoms. The molecule has 164 valence electrons. The number of carbonyl (C=O) groups excluding carboxylic acids is 1. The van der Waals surface area contributed by atoms with E-state index >= 15 is 0 Å². The minimum absolute atomic E-state index is 0.174. The van der Waals surface area contributed by atoms with Gasteiger partial charge in [-0.1, -0.05) is 51.8 Å². The van der Waals surface area contributed by atoms with Crippen molar-refractivity contribution in [3.05, 3.63) is 23.3 Å². The zero-order chi connectivity index (χ0) is 21.5. The molecule has 2 bridgehead atoms. The van der Waals surface area contributed by atoms with E-state index in [-0.39, 0.29) is 27.6 Å². The van der Waals surface area contributed by atoms with Crippen molar-refractivity contribution in [3.63, 3.8) is 0 Å². The van der Waals surface area contributed by atoms with Gasteiger partial charge in [-0.3, -0.25) is 4.79 Å². The molecule has 0 aromatic heterocycles. The van der Waals surface area contributed by atoms with Crippen molar-refractivity contribution in [2.75, 3.05) is 0 Å². The number of rotatable bonds is 4. The Morgan fingerprint density at radius 1 is 1.20 bits per heavy atom. The molecule has 0 aromatic carbocycles. The van der Waals surface area contributed by atoms with Crippen LogP contribution in [0.15, 0.2) is 23.3 Å². The lowest BCUT2D eigenvalue weighted by Crippen LogP contribution is -2.76. The molecule has 1 amide bonds. The van der Waals surface area contributed by atoms with E-state index in [0.29, 0.717) is 17.8 Å². The van der Waals surface area contributed by atoms with Crippen LogP contribution in [-0.4, -0.2) is 28.6 Å². The summed E-state index contributed by atoms with van der Waals surface area (Å²) < 4.78 is 0. The molecule has 6 aliphatic carbocycles. The molecular weight excluding hydrogens is 373 g/mol. The standard InChI is InChI=1S/C25H38BNO3/c1-16(2)17-6-8-19-18(12-17)7-9-20-22(19,3)10-5-11-23(20,4)21(28)27-25-13-24(14-25,15-25)26(29)30/h7,12,16,19-20,29-30H,5-6,8-11,13-15H2,1-4H3,(H,27,28)/t19-,20+,22+,23+,24?,25?/m0/s1. The Kier molecular flexibility index (Phi) is 4.49. The maximum absolute atomic E-state index is 13.7. The van der Waals surface area contributed by atoms with Gasteiger partial charge >= 0.3 is 7.12 Å². The van der Waals surface area contributed by atoms with Gasteiger partial charge in [0.25, 0.3) is 0 Å². The van der Waals surface area contributed by atoms with E-state index in [1.165, 1.54) is 24.8 Å². The Labute approximate surface area is 181 Å². The van der Waals surface area contributed by atoms with E-state index in [1.54, 1.807) is 5.57 Å². The van der Waals surface area contributed by atoms with Crippen molar-refractivity contribution in [3.8, 4) is 0 Å². The maximum atomic E-state index is 13.7. The van der Waals surface area contributed by atoms with Gasteiger partial charge in [-0.05, 0) is 80.1 Å². The molecule has 4 saturated carbocycles. The summed E-state index contributed by atoms with van der Waals surface area (Å²) in [5.41, 5.74) is 2.80. The van der Waals surface area contributed by atoms with Gasteiger partial charge in [-0.25, -0.2) is 0 Å². The molecule has 4 atom stereocenters. The summed E-state index contributed by atoms with van der Waals surface area (Å²) in [4.78, 5) is 13.7. The van der Waals surface area contributed by atoms with Crippen molar-refractivity contribution < 1.29 is 14.8 Å². The third-order valence-electron chi connectivity index (χ3n) is 10.1.